The number of fused-ring (bicyclic) bond motifs is 14. The van der Waals surface area contributed by atoms with Crippen molar-refractivity contribution >= 4 is 148 Å². The zero-order valence-electron chi connectivity index (χ0n) is 52.9. The van der Waals surface area contributed by atoms with E-state index < -0.39 is 0 Å². The van der Waals surface area contributed by atoms with Crippen molar-refractivity contribution in [2.45, 2.75) is 19.6 Å². The Morgan fingerprint density at radius 3 is 1.12 bits per heavy atom. The van der Waals surface area contributed by atoms with Gasteiger partial charge in [0.2, 0.25) is 13.4 Å². The van der Waals surface area contributed by atoms with Crippen molar-refractivity contribution in [3.8, 4) is 66.8 Å². The van der Waals surface area contributed by atoms with E-state index in [1.165, 1.54) is 74.6 Å². The molecule has 0 N–H and O–H groups in total. The maximum absolute atomic E-state index is 6.72. The second-order valence-electron chi connectivity index (χ2n) is 26.1. The van der Waals surface area contributed by atoms with Crippen LogP contribution in [0.25, 0.3) is 111 Å². The van der Waals surface area contributed by atoms with Gasteiger partial charge in [-0.3, -0.25) is 0 Å². The van der Waals surface area contributed by atoms with Gasteiger partial charge in [-0.15, -0.1) is 0 Å². The average Bonchev–Trinajstić information content (AvgIpc) is 0.834. The largest absolute Gasteiger partial charge is 0.456 e. The SMILES string of the molecule is c1ccc(-c2ccc3c(c2)Sc2cc(-c4cccc5oc6ccccc6c45)cc4c2B3c2cc3c(cc2N4c2ccccc2)N(c2c(-c4ccccc4)cccc2-c2ccccc2)c2cc(-c4cccc5oc6ccccc6c45)cc4c2B3c2ccc(-c3ccccc3)cc2S4)cc1. The smallest absolute Gasteiger partial charge is 0.249 e. The van der Waals surface area contributed by atoms with E-state index in [4.69, 9.17) is 8.83 Å². The number of hydrogen-bond donors (Lipinski definition) is 0. The average molecular weight is 1280 g/mol. The molecule has 0 atom stereocenters. The predicted octanol–water partition coefficient (Wildman–Crippen LogP) is 21.0. The molecule has 21 rings (SSSR count). The van der Waals surface area contributed by atoms with Gasteiger partial charge >= 0.3 is 0 Å². The number of anilines is 6. The first-order valence-electron chi connectivity index (χ1n) is 33.6. The van der Waals surface area contributed by atoms with E-state index in [0.29, 0.717) is 0 Å². The van der Waals surface area contributed by atoms with Gasteiger partial charge in [0.25, 0.3) is 0 Å². The molecule has 4 aliphatic rings. The van der Waals surface area contributed by atoms with Crippen molar-refractivity contribution in [3.05, 3.63) is 328 Å². The first-order chi connectivity index (χ1) is 48.6. The van der Waals surface area contributed by atoms with E-state index in [1.54, 1.807) is 0 Å². The number of benzene rings is 15. The second kappa shape index (κ2) is 21.9. The van der Waals surface area contributed by atoms with E-state index in [0.717, 1.165) is 123 Å². The number of nitrogens with zero attached hydrogens (tertiary/aromatic N) is 2. The molecular weight excluding hydrogens is 1230 g/mol. The van der Waals surface area contributed by atoms with Crippen LogP contribution < -0.4 is 42.6 Å². The Labute approximate surface area is 576 Å². The van der Waals surface area contributed by atoms with Crippen LogP contribution in [0.1, 0.15) is 0 Å². The molecule has 0 amide bonds. The molecule has 4 aliphatic heterocycles. The van der Waals surface area contributed by atoms with Gasteiger partial charge in [-0.25, -0.2) is 0 Å². The number of para-hydroxylation sites is 4. The normalized spacial score (nSPS) is 13.1. The molecule has 98 heavy (non-hydrogen) atoms. The molecule has 2 aromatic heterocycles. The molecule has 0 spiro atoms. The van der Waals surface area contributed by atoms with Crippen molar-refractivity contribution in [2.24, 2.45) is 0 Å². The summed E-state index contributed by atoms with van der Waals surface area (Å²) in [4.78, 5) is 10.3. The molecule has 15 aromatic carbocycles. The quantitative estimate of drug-likeness (QED) is 0.141. The standard InChI is InChI=1S/C90H54B2N2O2S2/c1-6-23-55(24-7-1)59-43-45-70-82(49-59)97-84-51-61(64-35-21-41-80-86(64)68-33-16-18-39-78(68)95-80)47-76-88(84)91(70)72-53-73-75(54-74(72)93(76)63-31-14-5-15-32-63)94(90-66(57-27-10-3-11-28-57)37-20-38-67(90)58-29-12-4-13-30-58)77-48-62(65-36-22-42-81-87(65)69-34-17-19-40-79(69)96-81)52-85-89(77)92(73)71-46-44-60(50-83(71)98-85)56-25-8-2-9-26-56/h1-54H. The molecule has 0 fully saturated rings. The van der Waals surface area contributed by atoms with Gasteiger partial charge in [-0.05, 0) is 156 Å². The van der Waals surface area contributed by atoms with Gasteiger partial charge in [0.05, 0.1) is 5.69 Å². The van der Waals surface area contributed by atoms with Gasteiger partial charge in [-0.2, -0.15) is 0 Å². The lowest BCUT2D eigenvalue weighted by molar-refractivity contribution is 0.668. The highest BCUT2D eigenvalue weighted by Gasteiger charge is 2.47. The van der Waals surface area contributed by atoms with Crippen LogP contribution in [0.4, 0.5) is 34.1 Å². The van der Waals surface area contributed by atoms with Crippen LogP contribution in [0.3, 0.4) is 0 Å². The Balaban J connectivity index is 0.905. The van der Waals surface area contributed by atoms with Gasteiger partial charge in [0.15, 0.2) is 0 Å². The summed E-state index contributed by atoms with van der Waals surface area (Å²) < 4.78 is 13.4. The highest BCUT2D eigenvalue weighted by molar-refractivity contribution is 8.00. The number of hydrogen-bond acceptors (Lipinski definition) is 6. The Morgan fingerprint density at radius 1 is 0.245 bits per heavy atom. The van der Waals surface area contributed by atoms with Crippen LogP contribution in [-0.4, -0.2) is 13.4 Å². The monoisotopic (exact) mass is 1280 g/mol. The fraction of sp³-hybridized carbons (Fsp3) is 0. The summed E-state index contributed by atoms with van der Waals surface area (Å²) in [6, 6.07) is 122. The van der Waals surface area contributed by atoms with E-state index in [1.807, 2.05) is 23.5 Å². The molecule has 0 saturated heterocycles. The summed E-state index contributed by atoms with van der Waals surface area (Å²) >= 11 is 3.82. The molecule has 8 heteroatoms. The molecule has 0 bridgehead atoms. The summed E-state index contributed by atoms with van der Waals surface area (Å²) in [5, 5.41) is 4.44. The summed E-state index contributed by atoms with van der Waals surface area (Å²) in [6.45, 7) is -0.310. The van der Waals surface area contributed by atoms with Crippen LogP contribution in [0.15, 0.2) is 356 Å². The first-order valence-corrected chi connectivity index (χ1v) is 35.2. The van der Waals surface area contributed by atoms with Crippen molar-refractivity contribution in [1.29, 1.82) is 0 Å². The first kappa shape index (κ1) is 55.6. The lowest BCUT2D eigenvalue weighted by Crippen LogP contribution is -2.64. The highest BCUT2D eigenvalue weighted by atomic mass is 32.2. The Morgan fingerprint density at radius 2 is 0.633 bits per heavy atom. The zero-order chi connectivity index (χ0) is 64.1. The van der Waals surface area contributed by atoms with Gasteiger partial charge < -0.3 is 18.6 Å². The highest BCUT2D eigenvalue weighted by Crippen LogP contribution is 2.54. The lowest BCUT2D eigenvalue weighted by atomic mass is 9.31. The number of furan rings is 2. The summed E-state index contributed by atoms with van der Waals surface area (Å²) in [5.74, 6) is 0. The van der Waals surface area contributed by atoms with Gasteiger partial charge in [0, 0.05) is 80.7 Å². The molecule has 454 valence electrons. The van der Waals surface area contributed by atoms with Crippen LogP contribution >= 0.6 is 23.5 Å². The predicted molar refractivity (Wildman–Crippen MR) is 413 cm³/mol. The Kier molecular flexibility index (Phi) is 12.4. The van der Waals surface area contributed by atoms with Crippen molar-refractivity contribution in [1.82, 2.24) is 0 Å². The maximum atomic E-state index is 6.72. The van der Waals surface area contributed by atoms with Crippen molar-refractivity contribution in [3.63, 3.8) is 0 Å². The lowest BCUT2D eigenvalue weighted by Gasteiger charge is -2.45. The second-order valence-corrected chi connectivity index (χ2v) is 28.3. The molecule has 0 radical (unpaired) electrons. The zero-order valence-corrected chi connectivity index (χ0v) is 54.5. The van der Waals surface area contributed by atoms with Crippen LogP contribution in [0, 0.1) is 0 Å². The van der Waals surface area contributed by atoms with Gasteiger partial charge in [-0.1, -0.05) is 283 Å². The summed E-state index contributed by atoms with van der Waals surface area (Å²) in [6.07, 6.45) is 0. The van der Waals surface area contributed by atoms with E-state index in [9.17, 15) is 0 Å². The minimum Gasteiger partial charge on any atom is -0.456 e. The van der Waals surface area contributed by atoms with E-state index >= 15 is 0 Å². The molecule has 0 unspecified atom stereocenters. The van der Waals surface area contributed by atoms with Crippen LogP contribution in [0.5, 0.6) is 0 Å². The van der Waals surface area contributed by atoms with Crippen LogP contribution in [0.2, 0.25) is 0 Å². The maximum Gasteiger partial charge on any atom is 0.249 e. The van der Waals surface area contributed by atoms with Gasteiger partial charge in [0.1, 0.15) is 22.3 Å². The minimum atomic E-state index is -0.169. The third-order valence-electron chi connectivity index (χ3n) is 20.8. The Bertz CT molecular complexity index is 6100. The summed E-state index contributed by atoms with van der Waals surface area (Å²) in [7, 11) is 0. The molecule has 0 saturated carbocycles. The number of rotatable bonds is 8. The van der Waals surface area contributed by atoms with Crippen LogP contribution in [-0.2, 0) is 0 Å². The topological polar surface area (TPSA) is 32.8 Å². The molecular formula is C90H54B2N2O2S2. The fourth-order valence-corrected chi connectivity index (χ4v) is 19.0. The van der Waals surface area contributed by atoms with E-state index in [-0.39, 0.29) is 13.4 Å². The summed E-state index contributed by atoms with van der Waals surface area (Å²) in [5.41, 5.74) is 31.9. The van der Waals surface area contributed by atoms with Crippen molar-refractivity contribution in [2.75, 3.05) is 9.80 Å². The third-order valence-corrected chi connectivity index (χ3v) is 23.0. The molecule has 4 nitrogen and oxygen atoms in total. The fourth-order valence-electron chi connectivity index (χ4n) is 16.5. The molecule has 0 aliphatic carbocycles. The molecule has 6 heterocycles. The minimum absolute atomic E-state index is 0.141. The molecule has 17 aromatic rings. The Hall–Kier alpha value is -11.7. The third kappa shape index (κ3) is 8.51. The van der Waals surface area contributed by atoms with Crippen molar-refractivity contribution < 1.29 is 8.83 Å². The van der Waals surface area contributed by atoms with E-state index in [2.05, 4.69) is 337 Å².